The highest BCUT2D eigenvalue weighted by molar-refractivity contribution is 5.98. The molecule has 9 unspecified atom stereocenters. The monoisotopic (exact) mass is 558 g/mol. The molecule has 5 rings (SSSR count). The van der Waals surface area contributed by atoms with Crippen molar-refractivity contribution in [2.45, 2.75) is 88.7 Å². The summed E-state index contributed by atoms with van der Waals surface area (Å²) in [5.74, 6) is -4.01. The minimum absolute atomic E-state index is 0.0567. The van der Waals surface area contributed by atoms with Crippen molar-refractivity contribution >= 4 is 23.7 Å². The van der Waals surface area contributed by atoms with Crippen LogP contribution in [0.25, 0.3) is 0 Å². The van der Waals surface area contributed by atoms with Crippen molar-refractivity contribution in [3.05, 3.63) is 47.0 Å². The first-order chi connectivity index (χ1) is 18.7. The molecule has 11 heteroatoms. The van der Waals surface area contributed by atoms with Crippen molar-refractivity contribution in [1.29, 1.82) is 0 Å². The van der Waals surface area contributed by atoms with Gasteiger partial charge in [0.25, 0.3) is 0 Å². The number of carbonyl (C=O) groups is 4. The van der Waals surface area contributed by atoms with E-state index in [0.717, 1.165) is 6.92 Å². The molecular weight excluding hydrogens is 524 g/mol. The average molecular weight is 559 g/mol. The van der Waals surface area contributed by atoms with Gasteiger partial charge in [-0.15, -0.1) is 0 Å². The minimum atomic E-state index is -2.06. The summed E-state index contributed by atoms with van der Waals surface area (Å²) in [7, 11) is 0. The second kappa shape index (κ2) is 9.76. The third-order valence-corrected chi connectivity index (χ3v) is 9.24. The van der Waals surface area contributed by atoms with Gasteiger partial charge in [-0.3, -0.25) is 14.4 Å². The SMILES string of the molecule is CC(=O)OC1C2=C(C)C(=O)CC(O)(C2)C(OC(=O)c2ccccc2)C2C3(OC(C)=O)COC3CC(O)C2(C)C1O. The molecule has 1 aromatic rings. The van der Waals surface area contributed by atoms with Gasteiger partial charge in [0.2, 0.25) is 0 Å². The second-order valence-electron chi connectivity index (χ2n) is 11.6. The Morgan fingerprint density at radius 3 is 2.27 bits per heavy atom. The fraction of sp³-hybridized carbons (Fsp3) is 0.586. The zero-order valence-corrected chi connectivity index (χ0v) is 22.8. The molecule has 1 heterocycles. The van der Waals surface area contributed by atoms with Crippen molar-refractivity contribution in [2.75, 3.05) is 6.61 Å². The molecule has 9 atom stereocenters. The van der Waals surface area contributed by atoms with E-state index in [1.807, 2.05) is 0 Å². The lowest BCUT2D eigenvalue weighted by molar-refractivity contribution is -0.358. The van der Waals surface area contributed by atoms with Crippen LogP contribution >= 0.6 is 0 Å². The summed E-state index contributed by atoms with van der Waals surface area (Å²) >= 11 is 0. The van der Waals surface area contributed by atoms with Gasteiger partial charge >= 0.3 is 17.9 Å². The first-order valence-electron chi connectivity index (χ1n) is 13.3. The molecule has 0 radical (unpaired) electrons. The molecule has 2 bridgehead atoms. The first-order valence-corrected chi connectivity index (χ1v) is 13.3. The Morgan fingerprint density at radius 1 is 1.02 bits per heavy atom. The number of hydrogen-bond donors (Lipinski definition) is 3. The van der Waals surface area contributed by atoms with Crippen LogP contribution in [0.4, 0.5) is 0 Å². The number of fused-ring (bicyclic) bond motifs is 5. The Morgan fingerprint density at radius 2 is 1.70 bits per heavy atom. The molecule has 1 aromatic carbocycles. The lowest BCUT2D eigenvalue weighted by atomic mass is 9.48. The van der Waals surface area contributed by atoms with E-state index in [2.05, 4.69) is 0 Å². The zero-order chi connectivity index (χ0) is 29.2. The van der Waals surface area contributed by atoms with Gasteiger partial charge in [-0.05, 0) is 30.2 Å². The van der Waals surface area contributed by atoms with Gasteiger partial charge in [0.15, 0.2) is 17.5 Å². The van der Waals surface area contributed by atoms with E-state index < -0.39 is 83.2 Å². The highest BCUT2D eigenvalue weighted by Gasteiger charge is 2.75. The molecule has 216 valence electrons. The smallest absolute Gasteiger partial charge is 0.338 e. The van der Waals surface area contributed by atoms with Crippen molar-refractivity contribution in [3.63, 3.8) is 0 Å². The number of hydrogen-bond acceptors (Lipinski definition) is 11. The molecule has 1 saturated heterocycles. The van der Waals surface area contributed by atoms with Gasteiger partial charge in [-0.1, -0.05) is 25.1 Å². The minimum Gasteiger partial charge on any atom is -0.455 e. The van der Waals surface area contributed by atoms with Gasteiger partial charge < -0.3 is 34.3 Å². The Labute approximate surface area is 231 Å². The first kappa shape index (κ1) is 28.4. The average Bonchev–Trinajstić information content (AvgIpc) is 2.89. The van der Waals surface area contributed by atoms with E-state index in [4.69, 9.17) is 18.9 Å². The lowest BCUT2D eigenvalue weighted by Gasteiger charge is -2.66. The number of ether oxygens (including phenoxy) is 4. The van der Waals surface area contributed by atoms with Crippen LogP contribution in [0.1, 0.15) is 57.3 Å². The van der Waals surface area contributed by atoms with E-state index in [-0.39, 0.29) is 36.2 Å². The molecule has 11 nitrogen and oxygen atoms in total. The van der Waals surface area contributed by atoms with Crippen LogP contribution in [0.3, 0.4) is 0 Å². The van der Waals surface area contributed by atoms with Gasteiger partial charge in [0, 0.05) is 38.5 Å². The third kappa shape index (κ3) is 4.18. The van der Waals surface area contributed by atoms with Gasteiger partial charge in [-0.25, -0.2) is 4.79 Å². The Bertz CT molecular complexity index is 1270. The van der Waals surface area contributed by atoms with Crippen molar-refractivity contribution in [3.8, 4) is 0 Å². The number of Topliss-reactive ketones (excluding diaryl/α,β-unsaturated/α-hetero) is 1. The predicted octanol–water partition coefficient (Wildman–Crippen LogP) is 1.02. The van der Waals surface area contributed by atoms with E-state index in [0.29, 0.717) is 0 Å². The standard InChI is InChI=1S/C29H34O11/c1-14-18-11-28(36,12-19(14)32)25(39-26(35)17-8-6-5-7-9-17)23-27(4,24(34)22(18)38-15(2)30)20(33)10-21-29(23,13-37-21)40-16(3)31/h5-9,20-25,33-34,36H,10-13H2,1-4H3. The predicted molar refractivity (Wildman–Crippen MR) is 136 cm³/mol. The summed E-state index contributed by atoms with van der Waals surface area (Å²) in [4.78, 5) is 51.4. The molecule has 0 aromatic heterocycles. The zero-order valence-electron chi connectivity index (χ0n) is 22.8. The number of carbonyl (C=O) groups excluding carboxylic acids is 4. The molecule has 0 amide bonds. The molecular formula is C29H34O11. The van der Waals surface area contributed by atoms with Crippen LogP contribution in [0.2, 0.25) is 0 Å². The van der Waals surface area contributed by atoms with Crippen molar-refractivity contribution < 1.29 is 53.4 Å². The topological polar surface area (TPSA) is 166 Å². The van der Waals surface area contributed by atoms with Crippen LogP contribution in [-0.4, -0.2) is 87.3 Å². The van der Waals surface area contributed by atoms with Gasteiger partial charge in [0.05, 0.1) is 24.2 Å². The molecule has 3 fully saturated rings. The number of esters is 3. The number of rotatable bonds is 4. The molecule has 4 aliphatic rings. The maximum atomic E-state index is 13.5. The second-order valence-corrected chi connectivity index (χ2v) is 11.6. The van der Waals surface area contributed by atoms with Crippen molar-refractivity contribution in [1.82, 2.24) is 0 Å². The van der Waals surface area contributed by atoms with Crippen LogP contribution < -0.4 is 0 Å². The van der Waals surface area contributed by atoms with E-state index in [1.54, 1.807) is 18.2 Å². The van der Waals surface area contributed by atoms with E-state index in [9.17, 15) is 34.5 Å². The van der Waals surface area contributed by atoms with Crippen LogP contribution in [0.5, 0.6) is 0 Å². The normalized spacial score (nSPS) is 40.4. The molecule has 40 heavy (non-hydrogen) atoms. The summed E-state index contributed by atoms with van der Waals surface area (Å²) in [6.07, 6.45) is -7.59. The number of aliphatic hydroxyl groups is 3. The number of allylic oxidation sites excluding steroid dienone is 1. The van der Waals surface area contributed by atoms with E-state index in [1.165, 1.54) is 32.9 Å². The van der Waals surface area contributed by atoms with Crippen molar-refractivity contribution in [2.24, 2.45) is 11.3 Å². The van der Waals surface area contributed by atoms with E-state index >= 15 is 0 Å². The fourth-order valence-corrected chi connectivity index (χ4v) is 7.21. The van der Waals surface area contributed by atoms with Crippen LogP contribution in [0, 0.1) is 11.3 Å². The maximum absolute atomic E-state index is 13.5. The highest BCUT2D eigenvalue weighted by Crippen LogP contribution is 2.61. The molecule has 3 aliphatic carbocycles. The third-order valence-electron chi connectivity index (χ3n) is 9.24. The largest absolute Gasteiger partial charge is 0.455 e. The Balaban J connectivity index is 1.76. The van der Waals surface area contributed by atoms with Crippen LogP contribution in [0.15, 0.2) is 41.5 Å². The summed E-state index contributed by atoms with van der Waals surface area (Å²) in [6, 6.07) is 8.03. The fourth-order valence-electron chi connectivity index (χ4n) is 7.21. The Kier molecular flexibility index (Phi) is 6.93. The molecule has 1 aliphatic heterocycles. The summed E-state index contributed by atoms with van der Waals surface area (Å²) in [5, 5.41) is 35.9. The Hall–Kier alpha value is -3.12. The quantitative estimate of drug-likeness (QED) is 0.357. The summed E-state index contributed by atoms with van der Waals surface area (Å²) < 4.78 is 23.2. The van der Waals surface area contributed by atoms with Gasteiger partial charge in [-0.2, -0.15) is 0 Å². The summed E-state index contributed by atoms with van der Waals surface area (Å²) in [6.45, 7) is 5.22. The number of aliphatic hydroxyl groups excluding tert-OH is 2. The highest BCUT2D eigenvalue weighted by atomic mass is 16.6. The van der Waals surface area contributed by atoms with Crippen LogP contribution in [-0.2, 0) is 33.3 Å². The van der Waals surface area contributed by atoms with Gasteiger partial charge in [0.1, 0.15) is 23.9 Å². The number of benzene rings is 1. The maximum Gasteiger partial charge on any atom is 0.338 e. The molecule has 0 spiro atoms. The lowest BCUT2D eigenvalue weighted by Crippen LogP contribution is -2.80. The molecule has 2 saturated carbocycles. The molecule has 3 N–H and O–H groups in total. The number of ketones is 1. The summed E-state index contributed by atoms with van der Waals surface area (Å²) in [5.41, 5.74) is -4.74.